The van der Waals surface area contributed by atoms with E-state index in [4.69, 9.17) is 4.99 Å². The molecule has 1 aliphatic carbocycles. The van der Waals surface area contributed by atoms with E-state index >= 15 is 0 Å². The summed E-state index contributed by atoms with van der Waals surface area (Å²) in [7, 11) is 4.04. The third-order valence-electron chi connectivity index (χ3n) is 6.80. The molecule has 6 nitrogen and oxygen atoms in total. The first-order valence-corrected chi connectivity index (χ1v) is 12.6. The SMILES string of the molecule is CN(C)Cc1ccc(N=C(c2cccc(CNC(=O)C3CCC3)c2)c2c(O)[nH]c3cc(F)ccc23)cc1. The van der Waals surface area contributed by atoms with E-state index in [2.05, 4.69) is 15.2 Å². The fourth-order valence-electron chi connectivity index (χ4n) is 4.66. The van der Waals surface area contributed by atoms with Crippen LogP contribution < -0.4 is 5.32 Å². The Morgan fingerprint density at radius 3 is 2.57 bits per heavy atom. The van der Waals surface area contributed by atoms with Crippen LogP contribution in [-0.2, 0) is 17.9 Å². The number of H-pyrrole nitrogens is 1. The number of halogens is 1. The van der Waals surface area contributed by atoms with Crippen molar-refractivity contribution in [2.24, 2.45) is 10.9 Å². The number of hydrogen-bond donors (Lipinski definition) is 3. The number of aromatic hydroxyl groups is 1. The molecule has 5 rings (SSSR count). The van der Waals surface area contributed by atoms with Crippen molar-refractivity contribution in [3.63, 3.8) is 0 Å². The Morgan fingerprint density at radius 2 is 1.86 bits per heavy atom. The zero-order valence-electron chi connectivity index (χ0n) is 21.1. The summed E-state index contributed by atoms with van der Waals surface area (Å²) in [6, 6.07) is 20.1. The first-order valence-electron chi connectivity index (χ1n) is 12.6. The molecule has 0 radical (unpaired) electrons. The number of rotatable bonds is 8. The van der Waals surface area contributed by atoms with E-state index in [0.717, 1.165) is 42.6 Å². The number of aliphatic imine (C=N–C) groups is 1. The maximum absolute atomic E-state index is 13.9. The molecule has 1 aromatic heterocycles. The van der Waals surface area contributed by atoms with Gasteiger partial charge in [-0.1, -0.05) is 36.8 Å². The molecule has 3 aromatic carbocycles. The minimum atomic E-state index is -0.389. The number of benzene rings is 3. The van der Waals surface area contributed by atoms with E-state index in [9.17, 15) is 14.3 Å². The van der Waals surface area contributed by atoms with E-state index < -0.39 is 0 Å². The maximum Gasteiger partial charge on any atom is 0.223 e. The van der Waals surface area contributed by atoms with Gasteiger partial charge < -0.3 is 20.3 Å². The molecule has 1 saturated carbocycles. The molecule has 1 heterocycles. The van der Waals surface area contributed by atoms with Gasteiger partial charge in [0.05, 0.1) is 22.5 Å². The topological polar surface area (TPSA) is 80.7 Å². The maximum atomic E-state index is 13.9. The van der Waals surface area contributed by atoms with Gasteiger partial charge in [0, 0.05) is 30.0 Å². The summed E-state index contributed by atoms with van der Waals surface area (Å²) in [6.07, 6.45) is 3.02. The molecule has 7 heteroatoms. The molecule has 0 unspecified atom stereocenters. The van der Waals surface area contributed by atoms with Gasteiger partial charge in [-0.05, 0) is 74.5 Å². The Labute approximate surface area is 215 Å². The molecular formula is C30H31FN4O2. The lowest BCUT2D eigenvalue weighted by atomic mass is 9.85. The van der Waals surface area contributed by atoms with Gasteiger partial charge in [-0.25, -0.2) is 9.38 Å². The van der Waals surface area contributed by atoms with Gasteiger partial charge in [-0.3, -0.25) is 4.79 Å². The Hall–Kier alpha value is -3.97. The van der Waals surface area contributed by atoms with Gasteiger partial charge in [0.15, 0.2) is 5.88 Å². The quantitative estimate of drug-likeness (QED) is 0.274. The molecule has 37 heavy (non-hydrogen) atoms. The molecule has 1 amide bonds. The number of nitrogens with zero attached hydrogens (tertiary/aromatic N) is 2. The van der Waals surface area contributed by atoms with E-state index in [0.29, 0.717) is 28.7 Å². The molecule has 0 bridgehead atoms. The Bertz CT molecular complexity index is 1450. The van der Waals surface area contributed by atoms with Crippen LogP contribution in [0.5, 0.6) is 5.88 Å². The average molecular weight is 499 g/mol. The number of nitrogens with one attached hydrogen (secondary N) is 2. The summed E-state index contributed by atoms with van der Waals surface area (Å²) in [5, 5.41) is 14.6. The largest absolute Gasteiger partial charge is 0.494 e. The summed E-state index contributed by atoms with van der Waals surface area (Å²) in [4.78, 5) is 22.3. The lowest BCUT2D eigenvalue weighted by Crippen LogP contribution is -2.33. The average Bonchev–Trinajstić information content (AvgIpc) is 3.15. The van der Waals surface area contributed by atoms with Gasteiger partial charge in [0.2, 0.25) is 5.91 Å². The second-order valence-corrected chi connectivity index (χ2v) is 9.95. The fraction of sp³-hybridized carbons (Fsp3) is 0.267. The molecule has 0 spiro atoms. The number of amides is 1. The van der Waals surface area contributed by atoms with Crippen LogP contribution in [0.2, 0.25) is 0 Å². The van der Waals surface area contributed by atoms with Gasteiger partial charge >= 0.3 is 0 Å². The number of hydrogen-bond acceptors (Lipinski definition) is 4. The molecule has 190 valence electrons. The lowest BCUT2D eigenvalue weighted by Gasteiger charge is -2.24. The van der Waals surface area contributed by atoms with Gasteiger partial charge in [-0.15, -0.1) is 0 Å². The molecule has 0 atom stereocenters. The molecule has 4 aromatic rings. The summed E-state index contributed by atoms with van der Waals surface area (Å²) in [6.45, 7) is 1.24. The second kappa shape index (κ2) is 10.6. The zero-order chi connectivity index (χ0) is 25.9. The number of fused-ring (bicyclic) bond motifs is 1. The monoisotopic (exact) mass is 498 g/mol. The highest BCUT2D eigenvalue weighted by Gasteiger charge is 2.25. The molecule has 3 N–H and O–H groups in total. The van der Waals surface area contributed by atoms with Crippen molar-refractivity contribution in [3.05, 3.63) is 94.8 Å². The van der Waals surface area contributed by atoms with Crippen molar-refractivity contribution >= 4 is 28.2 Å². The Kier molecular flexibility index (Phi) is 7.06. The smallest absolute Gasteiger partial charge is 0.223 e. The molecule has 0 aliphatic heterocycles. The number of carbonyl (C=O) groups excluding carboxylic acids is 1. The van der Waals surface area contributed by atoms with Crippen molar-refractivity contribution in [2.75, 3.05) is 14.1 Å². The second-order valence-electron chi connectivity index (χ2n) is 9.95. The van der Waals surface area contributed by atoms with E-state index in [1.54, 1.807) is 6.07 Å². The van der Waals surface area contributed by atoms with Crippen molar-refractivity contribution < 1.29 is 14.3 Å². The zero-order valence-corrected chi connectivity index (χ0v) is 21.1. The van der Waals surface area contributed by atoms with Crippen LogP contribution in [0.25, 0.3) is 10.9 Å². The molecule has 1 fully saturated rings. The number of aromatic amines is 1. The first-order chi connectivity index (χ1) is 17.9. The molecular weight excluding hydrogens is 467 g/mol. The summed E-state index contributed by atoms with van der Waals surface area (Å²) in [5.41, 5.74) is 5.17. The van der Waals surface area contributed by atoms with Gasteiger partial charge in [0.1, 0.15) is 5.82 Å². The highest BCUT2D eigenvalue weighted by atomic mass is 19.1. The van der Waals surface area contributed by atoms with Crippen LogP contribution in [0.1, 0.15) is 41.5 Å². The van der Waals surface area contributed by atoms with Crippen LogP contribution in [0.4, 0.5) is 10.1 Å². The van der Waals surface area contributed by atoms with Crippen LogP contribution in [0, 0.1) is 11.7 Å². The van der Waals surface area contributed by atoms with Crippen molar-refractivity contribution in [1.82, 2.24) is 15.2 Å². The van der Waals surface area contributed by atoms with Crippen LogP contribution in [-0.4, -0.2) is 40.7 Å². The first kappa shape index (κ1) is 24.7. The number of aromatic nitrogens is 1. The minimum absolute atomic E-state index is 0.0766. The van der Waals surface area contributed by atoms with E-state index in [1.165, 1.54) is 17.7 Å². The van der Waals surface area contributed by atoms with Crippen LogP contribution >= 0.6 is 0 Å². The number of carbonyl (C=O) groups is 1. The third kappa shape index (κ3) is 5.57. The standard InChI is InChI=1S/C30H31FN4O2/c1-35(2)18-19-9-12-24(13-10-19)33-28(27-25-14-11-23(31)16-26(25)34-30(27)37)22-8-3-5-20(15-22)17-32-29(36)21-6-4-7-21/h3,5,8-16,21,34,37H,4,6-7,17-18H2,1-2H3,(H,32,36). The molecule has 1 aliphatic rings. The van der Waals surface area contributed by atoms with E-state index in [1.807, 2.05) is 62.6 Å². The van der Waals surface area contributed by atoms with Crippen LogP contribution in [0.3, 0.4) is 0 Å². The highest BCUT2D eigenvalue weighted by Crippen LogP contribution is 2.32. The summed E-state index contributed by atoms with van der Waals surface area (Å²) in [5.74, 6) is -0.245. The normalized spacial score (nSPS) is 14.2. The van der Waals surface area contributed by atoms with E-state index in [-0.39, 0.29) is 23.5 Å². The predicted molar refractivity (Wildman–Crippen MR) is 145 cm³/mol. The summed E-state index contributed by atoms with van der Waals surface area (Å²) < 4.78 is 13.9. The Morgan fingerprint density at radius 1 is 1.08 bits per heavy atom. The third-order valence-corrected chi connectivity index (χ3v) is 6.80. The van der Waals surface area contributed by atoms with Crippen molar-refractivity contribution in [3.8, 4) is 5.88 Å². The van der Waals surface area contributed by atoms with Crippen LogP contribution in [0.15, 0.2) is 71.7 Å². The van der Waals surface area contributed by atoms with Gasteiger partial charge in [-0.2, -0.15) is 0 Å². The summed E-state index contributed by atoms with van der Waals surface area (Å²) >= 11 is 0. The van der Waals surface area contributed by atoms with Crippen molar-refractivity contribution in [1.29, 1.82) is 0 Å². The van der Waals surface area contributed by atoms with Gasteiger partial charge in [0.25, 0.3) is 0 Å². The predicted octanol–water partition coefficient (Wildman–Crippen LogP) is 5.66. The van der Waals surface area contributed by atoms with Crippen molar-refractivity contribution in [2.45, 2.75) is 32.4 Å². The Balaban J connectivity index is 1.54. The fourth-order valence-corrected chi connectivity index (χ4v) is 4.66. The highest BCUT2D eigenvalue weighted by molar-refractivity contribution is 6.21. The lowest BCUT2D eigenvalue weighted by molar-refractivity contribution is -0.127. The molecule has 0 saturated heterocycles. The minimum Gasteiger partial charge on any atom is -0.494 e.